The Hall–Kier alpha value is -1.80. The van der Waals surface area contributed by atoms with Crippen LogP contribution < -0.4 is 4.74 Å². The second-order valence-electron chi connectivity index (χ2n) is 7.77. The molecule has 2 aliphatic rings. The second-order valence-corrected chi connectivity index (χ2v) is 10.5. The van der Waals surface area contributed by atoms with E-state index in [1.165, 1.54) is 12.1 Å². The minimum Gasteiger partial charge on any atom is -0.492 e. The van der Waals surface area contributed by atoms with E-state index in [4.69, 9.17) is 33.0 Å². The smallest absolute Gasteiger partial charge is 0.304 e. The minimum atomic E-state index is -3.90. The van der Waals surface area contributed by atoms with E-state index in [1.807, 2.05) is 6.07 Å². The Kier molecular flexibility index (Phi) is 5.74. The molecule has 0 unspecified atom stereocenters. The monoisotopic (exact) mass is 469 g/mol. The van der Waals surface area contributed by atoms with E-state index in [-0.39, 0.29) is 31.7 Å². The molecule has 1 fully saturated rings. The number of likely N-dealkylation sites (tertiary alicyclic amines) is 1. The molecule has 0 bridgehead atoms. The third kappa shape index (κ3) is 3.80. The van der Waals surface area contributed by atoms with Gasteiger partial charge < -0.3 is 14.7 Å². The van der Waals surface area contributed by atoms with Gasteiger partial charge in [-0.2, -0.15) is 0 Å². The highest BCUT2D eigenvalue weighted by molar-refractivity contribution is 7.91. The molecule has 0 radical (unpaired) electrons. The van der Waals surface area contributed by atoms with Gasteiger partial charge in [-0.3, -0.25) is 4.79 Å². The van der Waals surface area contributed by atoms with Gasteiger partial charge in [0, 0.05) is 17.5 Å². The van der Waals surface area contributed by atoms with Gasteiger partial charge in [-0.1, -0.05) is 35.3 Å². The Morgan fingerprint density at radius 2 is 1.80 bits per heavy atom. The Bertz CT molecular complexity index is 1070. The van der Waals surface area contributed by atoms with Crippen molar-refractivity contribution in [3.63, 3.8) is 0 Å². The highest BCUT2D eigenvalue weighted by Crippen LogP contribution is 2.47. The fourth-order valence-electron chi connectivity index (χ4n) is 4.25. The Balaban J connectivity index is 1.59. The predicted molar refractivity (Wildman–Crippen MR) is 113 cm³/mol. The summed E-state index contributed by atoms with van der Waals surface area (Å²) in [7, 11) is -3.90. The van der Waals surface area contributed by atoms with Crippen molar-refractivity contribution in [2.45, 2.75) is 34.5 Å². The maximum absolute atomic E-state index is 13.1. The van der Waals surface area contributed by atoms with Gasteiger partial charge in [0.05, 0.1) is 28.0 Å². The third-order valence-electron chi connectivity index (χ3n) is 5.98. The highest BCUT2D eigenvalue weighted by atomic mass is 35.5. The minimum absolute atomic E-state index is 0.0779. The van der Waals surface area contributed by atoms with E-state index in [2.05, 4.69) is 4.90 Å². The molecule has 2 aromatic rings. The van der Waals surface area contributed by atoms with E-state index < -0.39 is 15.8 Å². The summed E-state index contributed by atoms with van der Waals surface area (Å²) in [6, 6.07) is 9.56. The molecule has 6 nitrogen and oxygen atoms in total. The van der Waals surface area contributed by atoms with E-state index in [0.29, 0.717) is 18.9 Å². The maximum Gasteiger partial charge on any atom is 0.304 e. The molecule has 2 heterocycles. The number of nitrogens with zero attached hydrogens (tertiary/aromatic N) is 1. The van der Waals surface area contributed by atoms with Crippen LogP contribution in [0, 0.1) is 0 Å². The zero-order valence-corrected chi connectivity index (χ0v) is 18.4. The summed E-state index contributed by atoms with van der Waals surface area (Å²) in [6.45, 7) is 2.59. The zero-order chi connectivity index (χ0) is 21.5. The van der Waals surface area contributed by atoms with Gasteiger partial charge in [-0.25, -0.2) is 8.42 Å². The number of sulfone groups is 1. The molecule has 1 saturated heterocycles. The molecule has 0 atom stereocenters. The van der Waals surface area contributed by atoms with Gasteiger partial charge >= 0.3 is 5.97 Å². The zero-order valence-electron chi connectivity index (χ0n) is 16.1. The van der Waals surface area contributed by atoms with E-state index in [9.17, 15) is 13.2 Å². The number of carboxylic acid groups (broad SMARTS) is 1. The average Bonchev–Trinajstić information content (AvgIpc) is 3.05. The normalized spacial score (nSPS) is 18.2. The molecule has 160 valence electrons. The van der Waals surface area contributed by atoms with Gasteiger partial charge in [0.2, 0.25) is 9.84 Å². The lowest BCUT2D eigenvalue weighted by atomic mass is 9.74. The molecule has 1 spiro atoms. The second kappa shape index (κ2) is 8.04. The van der Waals surface area contributed by atoms with Gasteiger partial charge in [0.1, 0.15) is 10.6 Å². The van der Waals surface area contributed by atoms with Gasteiger partial charge in [0.15, 0.2) is 0 Å². The van der Waals surface area contributed by atoms with Crippen LogP contribution in [0.3, 0.4) is 0 Å². The first-order chi connectivity index (χ1) is 14.2. The topological polar surface area (TPSA) is 83.9 Å². The van der Waals surface area contributed by atoms with Crippen LogP contribution in [0.25, 0.3) is 0 Å². The van der Waals surface area contributed by atoms with Crippen LogP contribution >= 0.6 is 23.2 Å². The summed E-state index contributed by atoms with van der Waals surface area (Å²) >= 11 is 12.2. The van der Waals surface area contributed by atoms with Crippen molar-refractivity contribution in [2.75, 3.05) is 26.2 Å². The molecular weight excluding hydrogens is 449 g/mol. The standard InChI is InChI=1S/C21H21Cl2NO5S/c22-16-2-1-3-17(23)20(16)30(27,28)14-4-5-15-18(12-14)29-13-21(15)7-10-24(11-8-21)9-6-19(25)26/h1-5,12H,6-11,13H2,(H,25,26). The molecule has 2 aliphatic heterocycles. The van der Waals surface area contributed by atoms with Crippen LogP contribution in [-0.2, 0) is 20.0 Å². The maximum atomic E-state index is 13.1. The molecule has 30 heavy (non-hydrogen) atoms. The van der Waals surface area contributed by atoms with Crippen LogP contribution in [0.1, 0.15) is 24.8 Å². The number of carbonyl (C=O) groups is 1. The number of carboxylic acids is 1. The number of hydrogen-bond acceptors (Lipinski definition) is 5. The highest BCUT2D eigenvalue weighted by Gasteiger charge is 2.43. The fraction of sp³-hybridized carbons (Fsp3) is 0.381. The molecular formula is C21H21Cl2NO5S. The van der Waals surface area contributed by atoms with Crippen LogP contribution in [-0.4, -0.2) is 50.6 Å². The van der Waals surface area contributed by atoms with Crippen LogP contribution in [0.5, 0.6) is 5.75 Å². The van der Waals surface area contributed by atoms with E-state index in [1.54, 1.807) is 18.2 Å². The van der Waals surface area contributed by atoms with Crippen molar-refractivity contribution in [2.24, 2.45) is 0 Å². The van der Waals surface area contributed by atoms with Crippen molar-refractivity contribution in [1.29, 1.82) is 0 Å². The summed E-state index contributed by atoms with van der Waals surface area (Å²) in [5, 5.41) is 9.03. The lowest BCUT2D eigenvalue weighted by Gasteiger charge is -2.38. The third-order valence-corrected chi connectivity index (χ3v) is 8.69. The molecule has 1 N–H and O–H groups in total. The number of aliphatic carboxylic acids is 1. The van der Waals surface area contributed by atoms with E-state index in [0.717, 1.165) is 31.5 Å². The molecule has 0 amide bonds. The Morgan fingerprint density at radius 3 is 2.43 bits per heavy atom. The van der Waals surface area contributed by atoms with Gasteiger partial charge in [0.25, 0.3) is 0 Å². The summed E-state index contributed by atoms with van der Waals surface area (Å²) in [5.74, 6) is -0.226. The van der Waals surface area contributed by atoms with Crippen LogP contribution in [0.15, 0.2) is 46.2 Å². The lowest BCUT2D eigenvalue weighted by molar-refractivity contribution is -0.137. The number of piperidine rings is 1. The van der Waals surface area contributed by atoms with Crippen molar-refractivity contribution >= 4 is 39.0 Å². The Labute approximate surface area is 185 Å². The number of ether oxygens (including phenoxy) is 1. The van der Waals surface area contributed by atoms with Gasteiger partial charge in [-0.05, 0) is 50.2 Å². The first kappa shape index (κ1) is 21.4. The van der Waals surface area contributed by atoms with Crippen molar-refractivity contribution in [3.05, 3.63) is 52.0 Å². The molecule has 4 rings (SSSR count). The molecule has 2 aromatic carbocycles. The SMILES string of the molecule is O=C(O)CCN1CCC2(CC1)COc1cc(S(=O)(=O)c3c(Cl)cccc3Cl)ccc12. The predicted octanol–water partition coefficient (Wildman–Crippen LogP) is 4.03. The Morgan fingerprint density at radius 1 is 1.13 bits per heavy atom. The van der Waals surface area contributed by atoms with Crippen molar-refractivity contribution < 1.29 is 23.1 Å². The average molecular weight is 470 g/mol. The number of hydrogen-bond donors (Lipinski definition) is 1. The number of fused-ring (bicyclic) bond motifs is 2. The number of benzene rings is 2. The van der Waals surface area contributed by atoms with Gasteiger partial charge in [-0.15, -0.1) is 0 Å². The van der Waals surface area contributed by atoms with Crippen molar-refractivity contribution in [1.82, 2.24) is 4.90 Å². The largest absolute Gasteiger partial charge is 0.492 e. The van der Waals surface area contributed by atoms with Crippen molar-refractivity contribution in [3.8, 4) is 5.75 Å². The first-order valence-corrected chi connectivity index (χ1v) is 11.9. The summed E-state index contributed by atoms with van der Waals surface area (Å²) in [6.07, 6.45) is 1.80. The summed E-state index contributed by atoms with van der Waals surface area (Å²) < 4.78 is 32.2. The molecule has 0 aliphatic carbocycles. The summed E-state index contributed by atoms with van der Waals surface area (Å²) in [5.41, 5.74) is 0.837. The molecule has 9 heteroatoms. The first-order valence-electron chi connectivity index (χ1n) is 9.64. The molecule has 0 aromatic heterocycles. The fourth-order valence-corrected chi connectivity index (χ4v) is 6.65. The number of rotatable bonds is 5. The quantitative estimate of drug-likeness (QED) is 0.711. The van der Waals surface area contributed by atoms with Crippen LogP contribution in [0.2, 0.25) is 10.0 Å². The number of halogens is 2. The lowest BCUT2D eigenvalue weighted by Crippen LogP contribution is -2.44. The van der Waals surface area contributed by atoms with E-state index >= 15 is 0 Å². The molecule has 0 saturated carbocycles. The van der Waals surface area contributed by atoms with Crippen LogP contribution in [0.4, 0.5) is 0 Å². The summed E-state index contributed by atoms with van der Waals surface area (Å²) in [4.78, 5) is 12.9.